The van der Waals surface area contributed by atoms with Crippen LogP contribution in [0.15, 0.2) is 62.5 Å². The van der Waals surface area contributed by atoms with Crippen LogP contribution in [-0.2, 0) is 33.5 Å². The Morgan fingerprint density at radius 3 is 2.33 bits per heavy atom. The SMILES string of the molecule is NC(=O)Nc1cc(Nc2cc(F)nc(F)n2)ccc1N=Nc1ccc(S(=O)(=O)CCOSOO[O-])cc1S(=O)(=O)[O-].[Na+].[Na+]. The second-order valence-electron chi connectivity index (χ2n) is 7.32. The molecule has 4 N–H and O–H groups in total. The molecular formula is C19H15F2N7Na2O10S3. The second kappa shape index (κ2) is 17.6. The van der Waals surface area contributed by atoms with Gasteiger partial charge in [0.15, 0.2) is 22.2 Å². The first-order valence-electron chi connectivity index (χ1n) is 10.5. The van der Waals surface area contributed by atoms with E-state index in [9.17, 15) is 40.2 Å². The van der Waals surface area contributed by atoms with E-state index in [4.69, 9.17) is 5.73 Å². The molecule has 24 heteroatoms. The Morgan fingerprint density at radius 2 is 1.70 bits per heavy atom. The van der Waals surface area contributed by atoms with Gasteiger partial charge in [0.25, 0.3) is 0 Å². The predicted molar refractivity (Wildman–Crippen MR) is 131 cm³/mol. The van der Waals surface area contributed by atoms with Crippen LogP contribution < -0.4 is 80.7 Å². The number of anilines is 3. The van der Waals surface area contributed by atoms with Crippen molar-refractivity contribution in [2.24, 2.45) is 16.0 Å². The summed E-state index contributed by atoms with van der Waals surface area (Å²) in [4.78, 5) is 16.1. The molecule has 2 amide bonds. The van der Waals surface area contributed by atoms with Crippen LogP contribution in [0.25, 0.3) is 0 Å². The fourth-order valence-corrected chi connectivity index (χ4v) is 5.08. The monoisotopic (exact) mass is 681 g/mol. The second-order valence-corrected chi connectivity index (χ2v) is 11.3. The van der Waals surface area contributed by atoms with Crippen LogP contribution in [0.4, 0.5) is 42.1 Å². The van der Waals surface area contributed by atoms with Gasteiger partial charge in [-0.1, -0.05) is 0 Å². The number of halogens is 2. The Labute approximate surface area is 290 Å². The maximum Gasteiger partial charge on any atom is 1.00 e. The van der Waals surface area contributed by atoms with Gasteiger partial charge in [0.1, 0.15) is 27.3 Å². The Hall–Kier alpha value is -1.90. The largest absolute Gasteiger partial charge is 1.00 e. The summed E-state index contributed by atoms with van der Waals surface area (Å²) >= 11 is 0.0642. The topological polar surface area (TPSA) is 260 Å². The summed E-state index contributed by atoms with van der Waals surface area (Å²) in [6.45, 7) is -0.501. The van der Waals surface area contributed by atoms with E-state index >= 15 is 0 Å². The Kier molecular flexibility index (Phi) is 16.0. The van der Waals surface area contributed by atoms with Gasteiger partial charge in [0.05, 0.1) is 27.8 Å². The Bertz CT molecular complexity index is 1670. The smallest absolute Gasteiger partial charge is 0.744 e. The van der Waals surface area contributed by atoms with Gasteiger partial charge in [0, 0.05) is 11.8 Å². The molecule has 0 unspecified atom stereocenters. The number of urea groups is 1. The van der Waals surface area contributed by atoms with E-state index in [1.165, 1.54) is 18.2 Å². The number of rotatable bonds is 13. The van der Waals surface area contributed by atoms with Gasteiger partial charge in [-0.25, -0.2) is 21.6 Å². The van der Waals surface area contributed by atoms with Crippen LogP contribution in [0.2, 0.25) is 0 Å². The minimum absolute atomic E-state index is 0. The van der Waals surface area contributed by atoms with E-state index < -0.39 is 65.9 Å². The molecular weight excluding hydrogens is 666 g/mol. The summed E-state index contributed by atoms with van der Waals surface area (Å²) in [5.74, 6) is -2.13. The summed E-state index contributed by atoms with van der Waals surface area (Å²) in [7, 11) is -9.46. The van der Waals surface area contributed by atoms with Gasteiger partial charge in [0.2, 0.25) is 5.95 Å². The third-order valence-corrected chi connectivity index (χ3v) is 7.47. The average molecular weight is 682 g/mol. The van der Waals surface area contributed by atoms with E-state index in [-0.39, 0.29) is 94.3 Å². The molecule has 220 valence electrons. The van der Waals surface area contributed by atoms with Crippen molar-refractivity contribution in [1.82, 2.24) is 9.97 Å². The van der Waals surface area contributed by atoms with Crippen molar-refractivity contribution >= 4 is 66.9 Å². The van der Waals surface area contributed by atoms with E-state index in [1.807, 2.05) is 0 Å². The van der Waals surface area contributed by atoms with Crippen molar-refractivity contribution in [2.45, 2.75) is 9.79 Å². The fraction of sp³-hybridized carbons (Fsp3) is 0.105. The normalized spacial score (nSPS) is 11.4. The van der Waals surface area contributed by atoms with Crippen LogP contribution in [0.5, 0.6) is 0 Å². The number of carbonyl (C=O) groups is 1. The van der Waals surface area contributed by atoms with Gasteiger partial charge in [-0.2, -0.15) is 18.7 Å². The first-order valence-corrected chi connectivity index (χ1v) is 14.2. The van der Waals surface area contributed by atoms with E-state index in [0.29, 0.717) is 6.07 Å². The molecule has 1 aromatic heterocycles. The molecule has 0 bridgehead atoms. The number of hydrogen-bond donors (Lipinski definition) is 3. The number of carbonyl (C=O) groups excluding carboxylic acids is 1. The summed E-state index contributed by atoms with van der Waals surface area (Å²) in [6, 6.07) is 5.93. The maximum atomic E-state index is 13.4. The maximum absolute atomic E-state index is 13.4. The van der Waals surface area contributed by atoms with Crippen molar-refractivity contribution in [3.63, 3.8) is 0 Å². The number of primary amides is 1. The minimum atomic E-state index is -5.28. The average Bonchev–Trinajstić information content (AvgIpc) is 2.86. The van der Waals surface area contributed by atoms with Crippen LogP contribution >= 0.6 is 12.3 Å². The molecule has 0 atom stereocenters. The van der Waals surface area contributed by atoms with Crippen molar-refractivity contribution < 1.29 is 113 Å². The van der Waals surface area contributed by atoms with Crippen molar-refractivity contribution in [3.8, 4) is 0 Å². The first-order chi connectivity index (χ1) is 19.3. The molecule has 0 saturated carbocycles. The number of aromatic nitrogens is 2. The molecule has 43 heavy (non-hydrogen) atoms. The van der Waals surface area contributed by atoms with Gasteiger partial charge in [-0.05, 0) is 36.4 Å². The number of sulfone groups is 1. The van der Waals surface area contributed by atoms with Gasteiger partial charge in [-0.15, -0.1) is 14.6 Å². The minimum Gasteiger partial charge on any atom is -0.744 e. The van der Waals surface area contributed by atoms with E-state index in [1.54, 1.807) is 0 Å². The number of amides is 2. The molecule has 1 heterocycles. The van der Waals surface area contributed by atoms with Crippen LogP contribution in [-0.4, -0.2) is 49.7 Å². The molecule has 0 aliphatic rings. The van der Waals surface area contributed by atoms with Gasteiger partial charge in [-0.3, -0.25) is 9.22 Å². The molecule has 17 nitrogen and oxygen atoms in total. The molecule has 3 aromatic rings. The predicted octanol–water partition coefficient (Wildman–Crippen LogP) is -4.11. The number of nitrogens with zero attached hydrogens (tertiary/aromatic N) is 4. The number of azo groups is 1. The summed E-state index contributed by atoms with van der Waals surface area (Å²) in [6.07, 6.45) is -1.34. The third kappa shape index (κ3) is 12.2. The van der Waals surface area contributed by atoms with Gasteiger partial charge >= 0.3 is 71.2 Å². The molecule has 0 saturated heterocycles. The molecule has 0 aliphatic heterocycles. The van der Waals surface area contributed by atoms with Gasteiger partial charge < -0.3 is 26.2 Å². The number of benzene rings is 2. The molecule has 0 radical (unpaired) electrons. The molecule has 2 aromatic carbocycles. The summed E-state index contributed by atoms with van der Waals surface area (Å²) in [5.41, 5.74) is 4.51. The van der Waals surface area contributed by atoms with Crippen LogP contribution in [0.1, 0.15) is 0 Å². The Morgan fingerprint density at radius 1 is 1.02 bits per heavy atom. The molecule has 0 aliphatic carbocycles. The van der Waals surface area contributed by atoms with Crippen molar-refractivity contribution in [2.75, 3.05) is 23.0 Å². The summed E-state index contributed by atoms with van der Waals surface area (Å²) in [5, 5.41) is 25.0. The molecule has 3 rings (SSSR count). The standard InChI is InChI=1S/C19H17F2N7O10S3.2Na/c20-16-9-17(26-18(21)25-16)23-10-1-3-12(14(7-10)24-19(22)29)27-28-13-4-2-11(8-15(13)41(33,34)35)40(31,32)6-5-36-39-38-37-30;;/h1-4,7-9,30H,5-6H2,(H3,22,24,29)(H,23,25,26)(H,33,34,35);;/q;2*+1/p-2. The quantitative estimate of drug-likeness (QED) is 0.0178. The molecule has 0 spiro atoms. The van der Waals surface area contributed by atoms with Crippen LogP contribution in [0, 0.1) is 12.0 Å². The number of nitrogens with one attached hydrogen (secondary N) is 2. The number of hydrogen-bond acceptors (Lipinski definition) is 16. The van der Waals surface area contributed by atoms with Crippen molar-refractivity contribution in [1.29, 1.82) is 0 Å². The molecule has 0 fully saturated rings. The van der Waals surface area contributed by atoms with E-state index in [0.717, 1.165) is 18.2 Å². The van der Waals surface area contributed by atoms with Crippen molar-refractivity contribution in [3.05, 3.63) is 54.5 Å². The zero-order valence-electron chi connectivity index (χ0n) is 21.9. The zero-order chi connectivity index (χ0) is 30.2. The number of nitrogens with two attached hydrogens (primary N) is 1. The van der Waals surface area contributed by atoms with E-state index in [2.05, 4.69) is 44.4 Å². The first kappa shape index (κ1) is 39.1. The third-order valence-electron chi connectivity index (χ3n) is 4.56. The summed E-state index contributed by atoms with van der Waals surface area (Å²) < 4.78 is 95.7. The zero-order valence-corrected chi connectivity index (χ0v) is 28.3. The fourth-order valence-electron chi connectivity index (χ4n) is 2.94. The Balaban J connectivity index is 0.00000462. The van der Waals surface area contributed by atoms with Crippen LogP contribution in [0.3, 0.4) is 0 Å².